The van der Waals surface area contributed by atoms with Crippen LogP contribution in [0.4, 0.5) is 0 Å². The average Bonchev–Trinajstić information content (AvgIpc) is 2.77. The van der Waals surface area contributed by atoms with Crippen LogP contribution in [0.25, 0.3) is 0 Å². The largest absolute Gasteiger partial charge is 0.489 e. The van der Waals surface area contributed by atoms with Crippen molar-refractivity contribution in [3.8, 4) is 5.75 Å². The minimum atomic E-state index is -3.10. The van der Waals surface area contributed by atoms with E-state index in [9.17, 15) is 8.42 Å². The molecule has 106 valence electrons. The number of hydrogen-bond donors (Lipinski definition) is 0. The van der Waals surface area contributed by atoms with Gasteiger partial charge in [0.25, 0.3) is 0 Å². The summed E-state index contributed by atoms with van der Waals surface area (Å²) in [6, 6.07) is 8.02. The van der Waals surface area contributed by atoms with E-state index in [0.717, 1.165) is 12.2 Å². The van der Waals surface area contributed by atoms with E-state index < -0.39 is 10.0 Å². The Morgan fingerprint density at radius 1 is 1.37 bits per heavy atom. The molecule has 0 aliphatic carbocycles. The van der Waals surface area contributed by atoms with Crippen molar-refractivity contribution in [2.75, 3.05) is 19.3 Å². The minimum absolute atomic E-state index is 0.0443. The first-order chi connectivity index (χ1) is 8.86. The molecule has 0 aromatic heterocycles. The van der Waals surface area contributed by atoms with Crippen LogP contribution in [0.1, 0.15) is 31.7 Å². The molecule has 0 N–H and O–H groups in total. The van der Waals surface area contributed by atoms with E-state index in [4.69, 9.17) is 4.74 Å². The van der Waals surface area contributed by atoms with E-state index >= 15 is 0 Å². The van der Waals surface area contributed by atoms with Crippen LogP contribution in [0.3, 0.4) is 0 Å². The number of hydrogen-bond acceptors (Lipinski definition) is 3. The van der Waals surface area contributed by atoms with Crippen molar-refractivity contribution >= 4 is 10.0 Å². The number of ether oxygens (including phenoxy) is 1. The highest BCUT2D eigenvalue weighted by atomic mass is 32.2. The van der Waals surface area contributed by atoms with Crippen LogP contribution < -0.4 is 4.74 Å². The lowest BCUT2D eigenvalue weighted by Gasteiger charge is -2.16. The molecular weight excluding hydrogens is 262 g/mol. The molecule has 1 aliphatic rings. The highest BCUT2D eigenvalue weighted by molar-refractivity contribution is 7.88. The first kappa shape index (κ1) is 14.3. The molecular formula is C14H21NO3S. The van der Waals surface area contributed by atoms with E-state index in [-0.39, 0.29) is 6.10 Å². The van der Waals surface area contributed by atoms with Crippen LogP contribution >= 0.6 is 0 Å². The molecule has 5 heteroatoms. The number of rotatable bonds is 4. The zero-order chi connectivity index (χ0) is 14.0. The van der Waals surface area contributed by atoms with Crippen LogP contribution in [-0.2, 0) is 10.0 Å². The van der Waals surface area contributed by atoms with E-state index in [2.05, 4.69) is 19.9 Å². The number of benzene rings is 1. The van der Waals surface area contributed by atoms with Gasteiger partial charge in [0.05, 0.1) is 12.8 Å². The zero-order valence-corrected chi connectivity index (χ0v) is 12.5. The quantitative estimate of drug-likeness (QED) is 0.851. The van der Waals surface area contributed by atoms with Crippen LogP contribution in [0.2, 0.25) is 0 Å². The third-order valence-electron chi connectivity index (χ3n) is 3.40. The molecule has 2 rings (SSSR count). The Morgan fingerprint density at radius 3 is 2.68 bits per heavy atom. The van der Waals surface area contributed by atoms with Crippen molar-refractivity contribution in [2.45, 2.75) is 32.3 Å². The Kier molecular flexibility index (Phi) is 4.16. The summed E-state index contributed by atoms with van der Waals surface area (Å²) < 4.78 is 30.3. The van der Waals surface area contributed by atoms with Crippen molar-refractivity contribution in [3.63, 3.8) is 0 Å². The van der Waals surface area contributed by atoms with Crippen LogP contribution in [0.5, 0.6) is 5.75 Å². The Bertz CT molecular complexity index is 539. The van der Waals surface area contributed by atoms with Gasteiger partial charge in [0.15, 0.2) is 0 Å². The summed E-state index contributed by atoms with van der Waals surface area (Å²) >= 11 is 0. The number of nitrogens with zero attached hydrogens (tertiary/aromatic N) is 1. The van der Waals surface area contributed by atoms with E-state index in [1.165, 1.54) is 16.1 Å². The smallest absolute Gasteiger partial charge is 0.211 e. The SMILES string of the molecule is CC(C)c1cccc(OC2CCN(S(C)(=O)=O)C2)c1. The lowest BCUT2D eigenvalue weighted by atomic mass is 10.0. The van der Waals surface area contributed by atoms with Gasteiger partial charge in [-0.2, -0.15) is 4.31 Å². The zero-order valence-electron chi connectivity index (χ0n) is 11.7. The summed E-state index contributed by atoms with van der Waals surface area (Å²) in [4.78, 5) is 0. The highest BCUT2D eigenvalue weighted by Gasteiger charge is 2.29. The molecule has 1 aromatic rings. The second kappa shape index (κ2) is 5.51. The molecule has 0 bridgehead atoms. The van der Waals surface area contributed by atoms with Gasteiger partial charge in [-0.05, 0) is 30.0 Å². The molecule has 1 atom stereocenters. The Labute approximate surface area is 115 Å². The first-order valence-electron chi connectivity index (χ1n) is 6.58. The highest BCUT2D eigenvalue weighted by Crippen LogP contribution is 2.23. The van der Waals surface area contributed by atoms with Crippen molar-refractivity contribution in [2.24, 2.45) is 0 Å². The molecule has 1 fully saturated rings. The van der Waals surface area contributed by atoms with E-state index in [0.29, 0.717) is 19.0 Å². The Balaban J connectivity index is 2.01. The first-order valence-corrected chi connectivity index (χ1v) is 8.43. The van der Waals surface area contributed by atoms with Crippen molar-refractivity contribution in [1.29, 1.82) is 0 Å². The summed E-state index contributed by atoms with van der Waals surface area (Å²) in [5, 5.41) is 0. The molecule has 0 amide bonds. The van der Waals surface area contributed by atoms with Crippen molar-refractivity contribution in [1.82, 2.24) is 4.31 Å². The molecule has 1 unspecified atom stereocenters. The fraction of sp³-hybridized carbons (Fsp3) is 0.571. The monoisotopic (exact) mass is 283 g/mol. The predicted octanol–water partition coefficient (Wildman–Crippen LogP) is 2.22. The Hall–Kier alpha value is -1.07. The van der Waals surface area contributed by atoms with Crippen LogP contribution in [0.15, 0.2) is 24.3 Å². The molecule has 0 radical (unpaired) electrons. The molecule has 19 heavy (non-hydrogen) atoms. The molecule has 1 aromatic carbocycles. The van der Waals surface area contributed by atoms with Gasteiger partial charge in [-0.15, -0.1) is 0 Å². The van der Waals surface area contributed by atoms with Gasteiger partial charge in [0, 0.05) is 6.54 Å². The Morgan fingerprint density at radius 2 is 2.11 bits per heavy atom. The second-order valence-corrected chi connectivity index (χ2v) is 7.36. The predicted molar refractivity (Wildman–Crippen MR) is 76.0 cm³/mol. The summed E-state index contributed by atoms with van der Waals surface area (Å²) in [5.74, 6) is 1.28. The molecule has 4 nitrogen and oxygen atoms in total. The van der Waals surface area contributed by atoms with Gasteiger partial charge < -0.3 is 4.74 Å². The standard InChI is InChI=1S/C14H21NO3S/c1-11(2)12-5-4-6-13(9-12)18-14-7-8-15(10-14)19(3,16)17/h4-6,9,11,14H,7-8,10H2,1-3H3. The lowest BCUT2D eigenvalue weighted by Crippen LogP contribution is -2.29. The van der Waals surface area contributed by atoms with Gasteiger partial charge >= 0.3 is 0 Å². The summed E-state index contributed by atoms with van der Waals surface area (Å²) in [5.41, 5.74) is 1.23. The molecule has 1 heterocycles. The maximum atomic E-state index is 11.4. The maximum absolute atomic E-state index is 11.4. The van der Waals surface area contributed by atoms with E-state index in [1.807, 2.05) is 18.2 Å². The summed E-state index contributed by atoms with van der Waals surface area (Å²) in [6.45, 7) is 5.28. The maximum Gasteiger partial charge on any atom is 0.211 e. The van der Waals surface area contributed by atoms with Crippen LogP contribution in [0, 0.1) is 0 Å². The topological polar surface area (TPSA) is 46.6 Å². The molecule has 0 spiro atoms. The van der Waals surface area contributed by atoms with Gasteiger partial charge in [-0.25, -0.2) is 8.42 Å². The minimum Gasteiger partial charge on any atom is -0.489 e. The number of sulfonamides is 1. The van der Waals surface area contributed by atoms with Gasteiger partial charge in [-0.1, -0.05) is 26.0 Å². The normalized spacial score (nSPS) is 20.9. The van der Waals surface area contributed by atoms with Crippen molar-refractivity contribution in [3.05, 3.63) is 29.8 Å². The summed E-state index contributed by atoms with van der Waals surface area (Å²) in [6.07, 6.45) is 1.95. The molecule has 1 saturated heterocycles. The van der Waals surface area contributed by atoms with Gasteiger partial charge in [0.1, 0.15) is 11.9 Å². The summed E-state index contributed by atoms with van der Waals surface area (Å²) in [7, 11) is -3.10. The van der Waals surface area contributed by atoms with Crippen LogP contribution in [-0.4, -0.2) is 38.2 Å². The third kappa shape index (κ3) is 3.70. The van der Waals surface area contributed by atoms with Crippen molar-refractivity contribution < 1.29 is 13.2 Å². The molecule has 0 saturated carbocycles. The second-order valence-electron chi connectivity index (χ2n) is 5.38. The fourth-order valence-corrected chi connectivity index (χ4v) is 3.11. The van der Waals surface area contributed by atoms with Gasteiger partial charge in [0.2, 0.25) is 10.0 Å². The average molecular weight is 283 g/mol. The van der Waals surface area contributed by atoms with E-state index in [1.54, 1.807) is 0 Å². The lowest BCUT2D eigenvalue weighted by molar-refractivity contribution is 0.215. The fourth-order valence-electron chi connectivity index (χ4n) is 2.23. The third-order valence-corrected chi connectivity index (χ3v) is 4.67. The molecule has 1 aliphatic heterocycles. The van der Waals surface area contributed by atoms with Gasteiger partial charge in [-0.3, -0.25) is 0 Å².